The van der Waals surface area contributed by atoms with Crippen LogP contribution in [0.5, 0.6) is 0 Å². The number of hydrogen-bond donors (Lipinski definition) is 3. The molecule has 0 aliphatic heterocycles. The highest BCUT2D eigenvalue weighted by Gasteiger charge is 2.14. The van der Waals surface area contributed by atoms with Gasteiger partial charge in [-0.05, 0) is 6.92 Å². The third kappa shape index (κ3) is 3.76. The van der Waals surface area contributed by atoms with Crippen molar-refractivity contribution in [2.24, 2.45) is 0 Å². The number of hydrogen-bond acceptors (Lipinski definition) is 5. The number of aliphatic hydroxyl groups is 3. The normalized spacial score (nSPS) is 17.4. The summed E-state index contributed by atoms with van der Waals surface area (Å²) in [7, 11) is 1.24. The molecule has 5 heteroatoms. The van der Waals surface area contributed by atoms with Gasteiger partial charge in [-0.1, -0.05) is 0 Å². The SMILES string of the molecule is COC(O)OC(C)C(O)O. The Kier molecular flexibility index (Phi) is 4.50. The minimum absolute atomic E-state index is 0.866. The number of aliphatic hydroxyl groups excluding tert-OH is 2. The summed E-state index contributed by atoms with van der Waals surface area (Å²) in [5.41, 5.74) is 0. The largest absolute Gasteiger partial charge is 0.366 e. The predicted octanol–water partition coefficient (Wildman–Crippen LogP) is -1.38. The molecule has 0 heterocycles. The number of ether oxygens (including phenoxy) is 2. The maximum atomic E-state index is 8.61. The third-order valence-electron chi connectivity index (χ3n) is 0.953. The Morgan fingerprint density at radius 1 is 1.20 bits per heavy atom. The molecular formula is C5H12O5. The third-order valence-corrected chi connectivity index (χ3v) is 0.953. The molecule has 0 saturated heterocycles. The van der Waals surface area contributed by atoms with Gasteiger partial charge in [0.2, 0.25) is 0 Å². The van der Waals surface area contributed by atoms with E-state index < -0.39 is 18.9 Å². The topological polar surface area (TPSA) is 79.2 Å². The lowest BCUT2D eigenvalue weighted by molar-refractivity contribution is -0.295. The van der Waals surface area contributed by atoms with Gasteiger partial charge in [-0.2, -0.15) is 0 Å². The second kappa shape index (κ2) is 4.59. The van der Waals surface area contributed by atoms with Crippen molar-refractivity contribution in [2.45, 2.75) is 25.8 Å². The van der Waals surface area contributed by atoms with Gasteiger partial charge < -0.3 is 24.8 Å². The lowest BCUT2D eigenvalue weighted by atomic mass is 10.4. The minimum Gasteiger partial charge on any atom is -0.366 e. The first-order valence-electron chi connectivity index (χ1n) is 2.80. The fraction of sp³-hybridized carbons (Fsp3) is 1.00. The number of rotatable bonds is 4. The minimum atomic E-state index is -1.61. The monoisotopic (exact) mass is 152 g/mol. The van der Waals surface area contributed by atoms with Crippen molar-refractivity contribution in [3.8, 4) is 0 Å². The van der Waals surface area contributed by atoms with Gasteiger partial charge >= 0.3 is 0 Å². The summed E-state index contributed by atoms with van der Waals surface area (Å²) >= 11 is 0. The molecule has 10 heavy (non-hydrogen) atoms. The van der Waals surface area contributed by atoms with Crippen LogP contribution in [-0.4, -0.2) is 41.3 Å². The average Bonchev–Trinajstić information content (AvgIpc) is 1.87. The van der Waals surface area contributed by atoms with Crippen molar-refractivity contribution in [3.63, 3.8) is 0 Å². The smallest absolute Gasteiger partial charge is 0.269 e. The van der Waals surface area contributed by atoms with Gasteiger partial charge in [-0.15, -0.1) is 0 Å². The Bertz CT molecular complexity index is 84.1. The van der Waals surface area contributed by atoms with E-state index in [4.69, 9.17) is 15.3 Å². The molecule has 0 bridgehead atoms. The van der Waals surface area contributed by atoms with E-state index in [0.29, 0.717) is 0 Å². The second-order valence-electron chi connectivity index (χ2n) is 1.80. The van der Waals surface area contributed by atoms with Crippen LogP contribution in [0.1, 0.15) is 6.92 Å². The highest BCUT2D eigenvalue weighted by atomic mass is 16.8. The zero-order valence-electron chi connectivity index (χ0n) is 5.89. The molecule has 0 amide bonds. The molecular weight excluding hydrogens is 140 g/mol. The number of methoxy groups -OCH3 is 1. The van der Waals surface area contributed by atoms with E-state index in [1.165, 1.54) is 14.0 Å². The molecule has 0 aromatic rings. The van der Waals surface area contributed by atoms with Crippen molar-refractivity contribution in [1.82, 2.24) is 0 Å². The summed E-state index contributed by atoms with van der Waals surface area (Å²) in [6, 6.07) is 0. The Morgan fingerprint density at radius 2 is 1.70 bits per heavy atom. The molecule has 0 spiro atoms. The zero-order valence-corrected chi connectivity index (χ0v) is 5.89. The molecule has 5 nitrogen and oxygen atoms in total. The molecule has 3 N–H and O–H groups in total. The van der Waals surface area contributed by atoms with Crippen LogP contribution in [0.2, 0.25) is 0 Å². The van der Waals surface area contributed by atoms with Crippen LogP contribution in [0.25, 0.3) is 0 Å². The molecule has 0 fully saturated rings. The first-order valence-corrected chi connectivity index (χ1v) is 2.80. The van der Waals surface area contributed by atoms with Gasteiger partial charge in [0.25, 0.3) is 6.48 Å². The van der Waals surface area contributed by atoms with E-state index in [-0.39, 0.29) is 0 Å². The van der Waals surface area contributed by atoms with Crippen LogP contribution in [0.4, 0.5) is 0 Å². The lowest BCUT2D eigenvalue weighted by Crippen LogP contribution is -2.30. The van der Waals surface area contributed by atoms with Gasteiger partial charge in [0.05, 0.1) is 0 Å². The van der Waals surface area contributed by atoms with Gasteiger partial charge in [0.1, 0.15) is 6.10 Å². The zero-order chi connectivity index (χ0) is 8.15. The van der Waals surface area contributed by atoms with E-state index in [1.54, 1.807) is 0 Å². The molecule has 0 aromatic heterocycles. The maximum Gasteiger partial charge on any atom is 0.269 e. The average molecular weight is 152 g/mol. The highest BCUT2D eigenvalue weighted by molar-refractivity contribution is 4.48. The molecule has 2 atom stereocenters. The van der Waals surface area contributed by atoms with Crippen molar-refractivity contribution < 1.29 is 24.8 Å². The van der Waals surface area contributed by atoms with Crippen LogP contribution in [0.3, 0.4) is 0 Å². The summed E-state index contributed by atoms with van der Waals surface area (Å²) in [4.78, 5) is 0. The van der Waals surface area contributed by atoms with Gasteiger partial charge in [0, 0.05) is 7.11 Å². The summed E-state index contributed by atoms with van der Waals surface area (Å²) < 4.78 is 8.78. The summed E-state index contributed by atoms with van der Waals surface area (Å²) in [6.07, 6.45) is -2.47. The van der Waals surface area contributed by atoms with Gasteiger partial charge in [-0.3, -0.25) is 0 Å². The maximum absolute atomic E-state index is 8.61. The molecule has 2 unspecified atom stereocenters. The fourth-order valence-electron chi connectivity index (χ4n) is 0.309. The van der Waals surface area contributed by atoms with Crippen LogP contribution in [0, 0.1) is 0 Å². The lowest BCUT2D eigenvalue weighted by Gasteiger charge is -2.17. The standard InChI is InChI=1S/C5H12O5/c1-3(4(6)7)10-5(8)9-2/h3-8H,1-2H3. The van der Waals surface area contributed by atoms with Crippen LogP contribution in [-0.2, 0) is 9.47 Å². The van der Waals surface area contributed by atoms with Crippen LogP contribution >= 0.6 is 0 Å². The fourth-order valence-corrected chi connectivity index (χ4v) is 0.309. The van der Waals surface area contributed by atoms with Crippen molar-refractivity contribution >= 4 is 0 Å². The molecule has 0 rings (SSSR count). The van der Waals surface area contributed by atoms with E-state index in [9.17, 15) is 0 Å². The quantitative estimate of drug-likeness (QED) is 0.433. The van der Waals surface area contributed by atoms with Crippen molar-refractivity contribution in [3.05, 3.63) is 0 Å². The van der Waals surface area contributed by atoms with E-state index in [2.05, 4.69) is 9.47 Å². The molecule has 0 aliphatic carbocycles. The van der Waals surface area contributed by atoms with Gasteiger partial charge in [-0.25, -0.2) is 0 Å². The predicted molar refractivity (Wildman–Crippen MR) is 31.8 cm³/mol. The van der Waals surface area contributed by atoms with Crippen LogP contribution in [0.15, 0.2) is 0 Å². The summed E-state index contributed by atoms with van der Waals surface area (Å²) in [6.45, 7) is -0.0100. The Balaban J connectivity index is 3.46. The molecule has 0 aliphatic rings. The summed E-state index contributed by atoms with van der Waals surface area (Å²) in [5.74, 6) is 0. The van der Waals surface area contributed by atoms with E-state index in [1.807, 2.05) is 0 Å². The van der Waals surface area contributed by atoms with E-state index in [0.717, 1.165) is 0 Å². The molecule has 0 radical (unpaired) electrons. The molecule has 0 aromatic carbocycles. The van der Waals surface area contributed by atoms with Crippen molar-refractivity contribution in [2.75, 3.05) is 7.11 Å². The van der Waals surface area contributed by atoms with Crippen LogP contribution < -0.4 is 0 Å². The first-order chi connectivity index (χ1) is 4.57. The summed E-state index contributed by atoms with van der Waals surface area (Å²) in [5, 5.41) is 25.5. The molecule has 0 saturated carbocycles. The van der Waals surface area contributed by atoms with E-state index >= 15 is 0 Å². The van der Waals surface area contributed by atoms with Gasteiger partial charge in [0.15, 0.2) is 6.29 Å². The van der Waals surface area contributed by atoms with Crippen molar-refractivity contribution in [1.29, 1.82) is 0 Å². The Labute approximate surface area is 58.8 Å². The second-order valence-corrected chi connectivity index (χ2v) is 1.80. The Morgan fingerprint density at radius 3 is 2.00 bits per heavy atom. The highest BCUT2D eigenvalue weighted by Crippen LogP contribution is 1.98. The Hall–Kier alpha value is -0.200. The first kappa shape index (κ1) is 9.80. The molecule has 62 valence electrons.